The Balaban J connectivity index is 2.58. The number of nitrogens with two attached hydrogens (primary N) is 1. The van der Waals surface area contributed by atoms with Crippen LogP contribution < -0.4 is 11.1 Å². The van der Waals surface area contributed by atoms with E-state index in [-0.39, 0.29) is 22.6 Å². The Kier molecular flexibility index (Phi) is 4.10. The van der Waals surface area contributed by atoms with Gasteiger partial charge in [0.25, 0.3) is 5.91 Å². The summed E-state index contributed by atoms with van der Waals surface area (Å²) in [6.45, 7) is 6.86. The van der Waals surface area contributed by atoms with Crippen LogP contribution in [0.5, 0.6) is 0 Å². The van der Waals surface area contributed by atoms with Gasteiger partial charge >= 0.3 is 0 Å². The lowest BCUT2D eigenvalue weighted by molar-refractivity contribution is 0.0949. The van der Waals surface area contributed by atoms with Gasteiger partial charge in [0.15, 0.2) is 0 Å². The first-order chi connectivity index (χ1) is 7.78. The van der Waals surface area contributed by atoms with Gasteiger partial charge in [0.05, 0.1) is 0 Å². The lowest BCUT2D eigenvalue weighted by atomic mass is 9.92. The molecule has 0 aliphatic heterocycles. The minimum atomic E-state index is -0.494. The molecule has 0 saturated carbocycles. The summed E-state index contributed by atoms with van der Waals surface area (Å²) in [7, 11) is 0. The first-order valence-corrected chi connectivity index (χ1v) is 5.62. The molecule has 0 aliphatic rings. The van der Waals surface area contributed by atoms with Crippen LogP contribution in [0.1, 0.15) is 37.6 Å². The lowest BCUT2D eigenvalue weighted by Crippen LogP contribution is -2.27. The van der Waals surface area contributed by atoms with Gasteiger partial charge in [-0.05, 0) is 30.0 Å². The van der Waals surface area contributed by atoms with E-state index in [1.165, 1.54) is 18.2 Å². The molecule has 17 heavy (non-hydrogen) atoms. The van der Waals surface area contributed by atoms with E-state index >= 15 is 0 Å². The maximum absolute atomic E-state index is 13.0. The van der Waals surface area contributed by atoms with Gasteiger partial charge in [-0.15, -0.1) is 0 Å². The van der Waals surface area contributed by atoms with Crippen molar-refractivity contribution in [1.82, 2.24) is 5.32 Å². The van der Waals surface area contributed by atoms with Crippen molar-refractivity contribution in [2.45, 2.75) is 27.2 Å². The highest BCUT2D eigenvalue weighted by Gasteiger charge is 2.12. The highest BCUT2D eigenvalue weighted by atomic mass is 19.1. The highest BCUT2D eigenvalue weighted by molar-refractivity contribution is 5.95. The monoisotopic (exact) mass is 238 g/mol. The van der Waals surface area contributed by atoms with E-state index < -0.39 is 5.82 Å². The topological polar surface area (TPSA) is 55.1 Å². The number of halogens is 1. The third-order valence-electron chi connectivity index (χ3n) is 2.34. The van der Waals surface area contributed by atoms with E-state index in [4.69, 9.17) is 5.73 Å². The van der Waals surface area contributed by atoms with Gasteiger partial charge < -0.3 is 11.1 Å². The molecule has 0 saturated heterocycles. The fraction of sp³-hybridized carbons (Fsp3) is 0.462. The second-order valence-electron chi connectivity index (χ2n) is 5.34. The number of hydrogen-bond acceptors (Lipinski definition) is 2. The Morgan fingerprint density at radius 3 is 2.53 bits per heavy atom. The first-order valence-electron chi connectivity index (χ1n) is 5.62. The van der Waals surface area contributed by atoms with E-state index in [0.717, 1.165) is 6.42 Å². The number of nitrogen functional groups attached to an aromatic ring is 1. The minimum absolute atomic E-state index is 0.161. The summed E-state index contributed by atoms with van der Waals surface area (Å²) in [5, 5.41) is 2.75. The molecule has 0 bridgehead atoms. The minimum Gasteiger partial charge on any atom is -0.399 e. The van der Waals surface area contributed by atoms with Crippen LogP contribution in [0.2, 0.25) is 0 Å². The van der Waals surface area contributed by atoms with E-state index in [2.05, 4.69) is 26.1 Å². The zero-order valence-corrected chi connectivity index (χ0v) is 10.5. The number of amides is 1. The van der Waals surface area contributed by atoms with Gasteiger partial charge in [0.1, 0.15) is 5.82 Å². The van der Waals surface area contributed by atoms with Crippen molar-refractivity contribution >= 4 is 11.6 Å². The van der Waals surface area contributed by atoms with Crippen molar-refractivity contribution in [3.8, 4) is 0 Å². The number of carbonyl (C=O) groups is 1. The number of nitrogens with one attached hydrogen (secondary N) is 1. The van der Waals surface area contributed by atoms with Gasteiger partial charge in [-0.3, -0.25) is 4.79 Å². The summed E-state index contributed by atoms with van der Waals surface area (Å²) >= 11 is 0. The maximum Gasteiger partial charge on any atom is 0.251 e. The van der Waals surface area contributed by atoms with Gasteiger partial charge in [-0.25, -0.2) is 4.39 Å². The van der Waals surface area contributed by atoms with Crippen LogP contribution in [-0.4, -0.2) is 12.5 Å². The zero-order chi connectivity index (χ0) is 13.1. The Labute approximate surface area is 101 Å². The van der Waals surface area contributed by atoms with E-state index in [9.17, 15) is 9.18 Å². The lowest BCUT2D eigenvalue weighted by Gasteiger charge is -2.18. The van der Waals surface area contributed by atoms with E-state index in [1.54, 1.807) is 0 Å². The third-order valence-corrected chi connectivity index (χ3v) is 2.34. The molecular weight excluding hydrogens is 219 g/mol. The van der Waals surface area contributed by atoms with Gasteiger partial charge in [0.2, 0.25) is 0 Å². The molecule has 1 rings (SSSR count). The largest absolute Gasteiger partial charge is 0.399 e. The van der Waals surface area contributed by atoms with Crippen LogP contribution in [0, 0.1) is 11.2 Å². The molecule has 0 atom stereocenters. The molecule has 0 heterocycles. The Morgan fingerprint density at radius 1 is 1.35 bits per heavy atom. The van der Waals surface area contributed by atoms with Crippen molar-refractivity contribution in [3.63, 3.8) is 0 Å². The zero-order valence-electron chi connectivity index (χ0n) is 10.5. The number of carbonyl (C=O) groups excluding carboxylic acids is 1. The standard InChI is InChI=1S/C13H19FN2O/c1-13(2,3)4-5-16-12(17)9-6-10(14)8-11(15)7-9/h6-8H,4-5,15H2,1-3H3,(H,16,17). The summed E-state index contributed by atoms with van der Waals surface area (Å²) in [6, 6.07) is 3.84. The molecule has 3 N–H and O–H groups in total. The molecule has 3 nitrogen and oxygen atoms in total. The summed E-state index contributed by atoms with van der Waals surface area (Å²) in [4.78, 5) is 11.7. The van der Waals surface area contributed by atoms with Crippen LogP contribution in [0.15, 0.2) is 18.2 Å². The first kappa shape index (κ1) is 13.5. The normalized spacial score (nSPS) is 11.3. The van der Waals surface area contributed by atoms with Crippen LogP contribution in [0.25, 0.3) is 0 Å². The molecule has 1 aromatic carbocycles. The number of hydrogen-bond donors (Lipinski definition) is 2. The Hall–Kier alpha value is -1.58. The summed E-state index contributed by atoms with van der Waals surface area (Å²) in [5.74, 6) is -0.786. The van der Waals surface area contributed by atoms with Crippen LogP contribution in [0.4, 0.5) is 10.1 Å². The molecule has 0 aromatic heterocycles. The Bertz CT molecular complexity index is 390. The molecule has 0 unspecified atom stereocenters. The number of benzene rings is 1. The molecule has 0 spiro atoms. The smallest absolute Gasteiger partial charge is 0.251 e. The van der Waals surface area contributed by atoms with Crippen molar-refractivity contribution < 1.29 is 9.18 Å². The fourth-order valence-corrected chi connectivity index (χ4v) is 1.40. The highest BCUT2D eigenvalue weighted by Crippen LogP contribution is 2.17. The van der Waals surface area contributed by atoms with Crippen molar-refractivity contribution in [2.75, 3.05) is 12.3 Å². The predicted molar refractivity (Wildman–Crippen MR) is 67.2 cm³/mol. The van der Waals surface area contributed by atoms with Gasteiger partial charge in [-0.2, -0.15) is 0 Å². The van der Waals surface area contributed by atoms with Gasteiger partial charge in [-0.1, -0.05) is 20.8 Å². The summed E-state index contributed by atoms with van der Waals surface area (Å²) in [5.41, 5.74) is 6.15. The molecule has 0 aliphatic carbocycles. The predicted octanol–water partition coefficient (Wildman–Crippen LogP) is 2.57. The average molecular weight is 238 g/mol. The van der Waals surface area contributed by atoms with Crippen LogP contribution >= 0.6 is 0 Å². The maximum atomic E-state index is 13.0. The molecule has 0 fully saturated rings. The summed E-state index contributed by atoms with van der Waals surface area (Å²) in [6.07, 6.45) is 0.865. The summed E-state index contributed by atoms with van der Waals surface area (Å²) < 4.78 is 13.0. The van der Waals surface area contributed by atoms with Crippen molar-refractivity contribution in [1.29, 1.82) is 0 Å². The average Bonchev–Trinajstić information content (AvgIpc) is 2.13. The fourth-order valence-electron chi connectivity index (χ4n) is 1.40. The Morgan fingerprint density at radius 2 is 2.00 bits per heavy atom. The van der Waals surface area contributed by atoms with Crippen LogP contribution in [-0.2, 0) is 0 Å². The second-order valence-corrected chi connectivity index (χ2v) is 5.34. The molecule has 94 valence electrons. The molecular formula is C13H19FN2O. The molecule has 1 aromatic rings. The van der Waals surface area contributed by atoms with E-state index in [0.29, 0.717) is 6.54 Å². The SMILES string of the molecule is CC(C)(C)CCNC(=O)c1cc(N)cc(F)c1. The third kappa shape index (κ3) is 4.85. The quantitative estimate of drug-likeness (QED) is 0.795. The molecule has 4 heteroatoms. The number of rotatable bonds is 3. The van der Waals surface area contributed by atoms with E-state index in [1.807, 2.05) is 0 Å². The van der Waals surface area contributed by atoms with Crippen LogP contribution in [0.3, 0.4) is 0 Å². The van der Waals surface area contributed by atoms with Crippen molar-refractivity contribution in [3.05, 3.63) is 29.6 Å². The molecule has 0 radical (unpaired) electrons. The molecule has 1 amide bonds. The van der Waals surface area contributed by atoms with Crippen molar-refractivity contribution in [2.24, 2.45) is 5.41 Å². The second kappa shape index (κ2) is 5.17. The van der Waals surface area contributed by atoms with Gasteiger partial charge in [0, 0.05) is 17.8 Å². The number of anilines is 1.